The van der Waals surface area contributed by atoms with Crippen molar-refractivity contribution in [3.63, 3.8) is 0 Å². The predicted octanol–water partition coefficient (Wildman–Crippen LogP) is -0.833. The lowest BCUT2D eigenvalue weighted by Crippen LogP contribution is -2.57. The van der Waals surface area contributed by atoms with E-state index in [4.69, 9.17) is 0 Å². The Bertz CT molecular complexity index is 256. The lowest BCUT2D eigenvalue weighted by molar-refractivity contribution is -0.135. The molecule has 5 nitrogen and oxygen atoms in total. The fourth-order valence-corrected chi connectivity index (χ4v) is 2.65. The molecule has 2 atom stereocenters. The molecule has 5 heteroatoms. The van der Waals surface area contributed by atoms with Crippen molar-refractivity contribution in [1.82, 2.24) is 15.5 Å². The van der Waals surface area contributed by atoms with E-state index < -0.39 is 0 Å². The first kappa shape index (κ1) is 12.8. The smallest absolute Gasteiger partial charge is 0.241 e. The molecule has 0 spiro atoms. The fraction of sp³-hybridized carbons (Fsp3) is 0.917. The van der Waals surface area contributed by atoms with Crippen LogP contribution in [-0.4, -0.2) is 60.8 Å². The van der Waals surface area contributed by atoms with Crippen molar-refractivity contribution in [3.05, 3.63) is 0 Å². The Labute approximate surface area is 103 Å². The number of piperidine rings is 1. The van der Waals surface area contributed by atoms with Crippen LogP contribution in [0.5, 0.6) is 0 Å². The van der Waals surface area contributed by atoms with Crippen molar-refractivity contribution in [1.29, 1.82) is 0 Å². The molecule has 0 radical (unpaired) electrons. The van der Waals surface area contributed by atoms with E-state index in [9.17, 15) is 9.90 Å². The van der Waals surface area contributed by atoms with Gasteiger partial charge in [-0.25, -0.2) is 0 Å². The Kier molecular flexibility index (Phi) is 4.36. The van der Waals surface area contributed by atoms with Gasteiger partial charge in [0.2, 0.25) is 5.91 Å². The second-order valence-electron chi connectivity index (χ2n) is 5.11. The van der Waals surface area contributed by atoms with Crippen LogP contribution in [0.25, 0.3) is 0 Å². The van der Waals surface area contributed by atoms with Crippen molar-refractivity contribution in [2.45, 2.75) is 31.9 Å². The maximum Gasteiger partial charge on any atom is 0.241 e. The fourth-order valence-electron chi connectivity index (χ4n) is 2.65. The van der Waals surface area contributed by atoms with Crippen LogP contribution in [0.15, 0.2) is 0 Å². The minimum absolute atomic E-state index is 0.0631. The summed E-state index contributed by atoms with van der Waals surface area (Å²) in [7, 11) is 0. The molecule has 0 aromatic carbocycles. The van der Waals surface area contributed by atoms with Gasteiger partial charge in [-0.15, -0.1) is 0 Å². The van der Waals surface area contributed by atoms with Gasteiger partial charge in [0, 0.05) is 32.7 Å². The van der Waals surface area contributed by atoms with Crippen molar-refractivity contribution < 1.29 is 9.90 Å². The predicted molar refractivity (Wildman–Crippen MR) is 65.6 cm³/mol. The van der Waals surface area contributed by atoms with E-state index in [2.05, 4.69) is 10.6 Å². The van der Waals surface area contributed by atoms with Gasteiger partial charge >= 0.3 is 0 Å². The summed E-state index contributed by atoms with van der Waals surface area (Å²) < 4.78 is 0. The number of piperazine rings is 1. The first-order valence-electron chi connectivity index (χ1n) is 6.59. The van der Waals surface area contributed by atoms with E-state index in [-0.39, 0.29) is 18.1 Å². The molecule has 2 saturated heterocycles. The van der Waals surface area contributed by atoms with Crippen LogP contribution >= 0.6 is 0 Å². The minimum Gasteiger partial charge on any atom is -0.393 e. The van der Waals surface area contributed by atoms with E-state index in [0.717, 1.165) is 45.6 Å². The lowest BCUT2D eigenvalue weighted by atomic mass is 9.92. The molecule has 2 aliphatic rings. The van der Waals surface area contributed by atoms with Gasteiger partial charge in [0.1, 0.15) is 0 Å². The number of amides is 1. The zero-order chi connectivity index (χ0) is 12.3. The summed E-state index contributed by atoms with van der Waals surface area (Å²) in [6, 6.07) is -0.0631. The number of hydrogen-bond donors (Lipinski definition) is 3. The van der Waals surface area contributed by atoms with E-state index in [1.165, 1.54) is 0 Å². The van der Waals surface area contributed by atoms with Crippen LogP contribution in [0, 0.1) is 5.92 Å². The molecule has 2 unspecified atom stereocenters. The standard InChI is InChI=1S/C12H23N3O2/c1-9(16)10-2-6-15(7-3-10)12(17)11-8-13-4-5-14-11/h9-11,13-14,16H,2-8H2,1H3. The molecule has 0 bridgehead atoms. The number of carbonyl (C=O) groups excluding carboxylic acids is 1. The molecule has 3 N–H and O–H groups in total. The highest BCUT2D eigenvalue weighted by molar-refractivity contribution is 5.82. The number of aliphatic hydroxyl groups excluding tert-OH is 1. The highest BCUT2D eigenvalue weighted by atomic mass is 16.3. The zero-order valence-electron chi connectivity index (χ0n) is 10.5. The normalized spacial score (nSPS) is 29.1. The number of carbonyl (C=O) groups is 1. The molecule has 1 amide bonds. The molecule has 17 heavy (non-hydrogen) atoms. The minimum atomic E-state index is -0.248. The summed E-state index contributed by atoms with van der Waals surface area (Å²) in [6.07, 6.45) is 1.59. The van der Waals surface area contributed by atoms with Gasteiger partial charge in [-0.1, -0.05) is 0 Å². The number of likely N-dealkylation sites (tertiary alicyclic amines) is 1. The molecule has 0 aromatic heterocycles. The van der Waals surface area contributed by atoms with E-state index >= 15 is 0 Å². The first-order chi connectivity index (χ1) is 8.18. The lowest BCUT2D eigenvalue weighted by Gasteiger charge is -2.36. The Morgan fingerprint density at radius 3 is 2.59 bits per heavy atom. The van der Waals surface area contributed by atoms with Gasteiger partial charge < -0.3 is 20.6 Å². The van der Waals surface area contributed by atoms with E-state index in [1.807, 2.05) is 11.8 Å². The molecule has 0 aliphatic carbocycles. The zero-order valence-corrected chi connectivity index (χ0v) is 10.5. The SMILES string of the molecule is CC(O)C1CCN(C(=O)C2CNCCN2)CC1. The number of rotatable bonds is 2. The van der Waals surface area contributed by atoms with E-state index in [0.29, 0.717) is 5.92 Å². The van der Waals surface area contributed by atoms with Gasteiger partial charge in [-0.2, -0.15) is 0 Å². The molecule has 2 fully saturated rings. The third-order valence-electron chi connectivity index (χ3n) is 3.87. The van der Waals surface area contributed by atoms with Gasteiger partial charge in [-0.3, -0.25) is 4.79 Å². The monoisotopic (exact) mass is 241 g/mol. The largest absolute Gasteiger partial charge is 0.393 e. The maximum absolute atomic E-state index is 12.2. The Balaban J connectivity index is 1.81. The molecular weight excluding hydrogens is 218 g/mol. The quantitative estimate of drug-likeness (QED) is 0.590. The number of aliphatic hydroxyl groups is 1. The van der Waals surface area contributed by atoms with Gasteiger partial charge in [-0.05, 0) is 25.7 Å². The van der Waals surface area contributed by atoms with Crippen molar-refractivity contribution in [2.75, 3.05) is 32.7 Å². The molecule has 0 aromatic rings. The number of nitrogens with one attached hydrogen (secondary N) is 2. The first-order valence-corrected chi connectivity index (χ1v) is 6.59. The molecule has 2 rings (SSSR count). The molecular formula is C12H23N3O2. The summed E-state index contributed by atoms with van der Waals surface area (Å²) in [6.45, 7) is 5.94. The highest BCUT2D eigenvalue weighted by Crippen LogP contribution is 2.20. The molecule has 98 valence electrons. The van der Waals surface area contributed by atoms with Crippen molar-refractivity contribution in [2.24, 2.45) is 5.92 Å². The Morgan fingerprint density at radius 2 is 2.06 bits per heavy atom. The average molecular weight is 241 g/mol. The second kappa shape index (κ2) is 5.80. The third-order valence-corrected chi connectivity index (χ3v) is 3.87. The average Bonchev–Trinajstić information content (AvgIpc) is 2.39. The van der Waals surface area contributed by atoms with Gasteiger partial charge in [0.15, 0.2) is 0 Å². The van der Waals surface area contributed by atoms with Crippen LogP contribution < -0.4 is 10.6 Å². The summed E-state index contributed by atoms with van der Waals surface area (Å²) in [5.74, 6) is 0.567. The van der Waals surface area contributed by atoms with Gasteiger partial charge in [0.25, 0.3) is 0 Å². The highest BCUT2D eigenvalue weighted by Gasteiger charge is 2.30. The van der Waals surface area contributed by atoms with Crippen molar-refractivity contribution >= 4 is 5.91 Å². The molecule has 2 aliphatic heterocycles. The summed E-state index contributed by atoms with van der Waals surface area (Å²) in [5.41, 5.74) is 0. The number of hydrogen-bond acceptors (Lipinski definition) is 4. The van der Waals surface area contributed by atoms with Gasteiger partial charge in [0.05, 0.1) is 12.1 Å². The third kappa shape index (κ3) is 3.18. The van der Waals surface area contributed by atoms with Crippen molar-refractivity contribution in [3.8, 4) is 0 Å². The van der Waals surface area contributed by atoms with Crippen LogP contribution in [-0.2, 0) is 4.79 Å². The summed E-state index contributed by atoms with van der Waals surface area (Å²) in [5, 5.41) is 16.0. The molecule has 2 heterocycles. The van der Waals surface area contributed by atoms with Crippen LogP contribution in [0.1, 0.15) is 19.8 Å². The summed E-state index contributed by atoms with van der Waals surface area (Å²) in [4.78, 5) is 14.1. The molecule has 0 saturated carbocycles. The van der Waals surface area contributed by atoms with Crippen LogP contribution in [0.3, 0.4) is 0 Å². The Hall–Kier alpha value is -0.650. The topological polar surface area (TPSA) is 64.6 Å². The number of nitrogens with zero attached hydrogens (tertiary/aromatic N) is 1. The Morgan fingerprint density at radius 1 is 1.35 bits per heavy atom. The summed E-state index contributed by atoms with van der Waals surface area (Å²) >= 11 is 0. The van der Waals surface area contributed by atoms with E-state index in [1.54, 1.807) is 0 Å². The second-order valence-corrected chi connectivity index (χ2v) is 5.11. The van der Waals surface area contributed by atoms with Crippen LogP contribution in [0.4, 0.5) is 0 Å². The maximum atomic E-state index is 12.2. The van der Waals surface area contributed by atoms with Crippen LogP contribution in [0.2, 0.25) is 0 Å².